The summed E-state index contributed by atoms with van der Waals surface area (Å²) in [5, 5.41) is 4.53. The third-order valence-electron chi connectivity index (χ3n) is 5.26. The summed E-state index contributed by atoms with van der Waals surface area (Å²) in [6.45, 7) is 5.39. The second-order valence-corrected chi connectivity index (χ2v) is 7.31. The van der Waals surface area contributed by atoms with E-state index in [2.05, 4.69) is 17.2 Å². The number of benzene rings is 2. The number of methoxy groups -OCH3 is 1. The molecule has 0 fully saturated rings. The number of aromatic nitrogens is 2. The molecule has 2 heterocycles. The molecule has 1 amide bonds. The minimum Gasteiger partial charge on any atom is -0.495 e. The van der Waals surface area contributed by atoms with E-state index in [0.29, 0.717) is 18.7 Å². The maximum absolute atomic E-state index is 13.4. The highest BCUT2D eigenvalue weighted by Crippen LogP contribution is 2.37. The number of aryl methyl sites for hydroxylation is 3. The Hall–Kier alpha value is -3.08. The lowest BCUT2D eigenvalue weighted by Gasteiger charge is -2.31. The molecule has 0 spiro atoms. The Labute approximate surface area is 165 Å². The van der Waals surface area contributed by atoms with Crippen molar-refractivity contribution in [3.05, 3.63) is 76.6 Å². The second-order valence-electron chi connectivity index (χ2n) is 7.31. The number of hydrogen-bond acceptors (Lipinski definition) is 3. The highest BCUT2D eigenvalue weighted by Gasteiger charge is 2.26. The van der Waals surface area contributed by atoms with Crippen LogP contribution in [0.15, 0.2) is 48.5 Å². The average Bonchev–Trinajstić information content (AvgIpc) is 3.03. The monoisotopic (exact) mass is 375 g/mol. The van der Waals surface area contributed by atoms with Gasteiger partial charge in [-0.05, 0) is 62.1 Å². The standard InChI is InChI=1S/C23H25N3O2/c1-16-13-17(2)26(24-16)15-18-7-4-9-20(14-18)23(27)25-12-6-10-19-8-5-11-21(28-3)22(19)25/h4-5,7-9,11,13-14H,6,10,12,15H2,1-3H3. The van der Waals surface area contributed by atoms with E-state index in [9.17, 15) is 4.79 Å². The fourth-order valence-corrected chi connectivity index (χ4v) is 3.95. The third-order valence-corrected chi connectivity index (χ3v) is 5.26. The summed E-state index contributed by atoms with van der Waals surface area (Å²) in [7, 11) is 1.65. The number of para-hydroxylation sites is 1. The molecule has 2 aromatic carbocycles. The highest BCUT2D eigenvalue weighted by atomic mass is 16.5. The number of ether oxygens (including phenoxy) is 1. The molecule has 0 N–H and O–H groups in total. The lowest BCUT2D eigenvalue weighted by atomic mass is 9.99. The Morgan fingerprint density at radius 1 is 1.14 bits per heavy atom. The molecule has 0 aliphatic carbocycles. The van der Waals surface area contributed by atoms with E-state index in [1.807, 2.05) is 59.8 Å². The minimum atomic E-state index is 0.0145. The van der Waals surface area contributed by atoms with E-state index in [4.69, 9.17) is 4.74 Å². The number of hydrogen-bond donors (Lipinski definition) is 0. The SMILES string of the molecule is COc1cccc2c1N(C(=O)c1cccc(Cn3nc(C)cc3C)c1)CCC2. The zero-order valence-electron chi connectivity index (χ0n) is 16.6. The van der Waals surface area contributed by atoms with Crippen molar-refractivity contribution in [3.63, 3.8) is 0 Å². The van der Waals surface area contributed by atoms with Crippen LogP contribution >= 0.6 is 0 Å². The number of anilines is 1. The van der Waals surface area contributed by atoms with Gasteiger partial charge in [0.1, 0.15) is 5.75 Å². The van der Waals surface area contributed by atoms with Gasteiger partial charge in [-0.2, -0.15) is 5.10 Å². The van der Waals surface area contributed by atoms with Gasteiger partial charge in [-0.1, -0.05) is 24.3 Å². The topological polar surface area (TPSA) is 47.4 Å². The fourth-order valence-electron chi connectivity index (χ4n) is 3.95. The van der Waals surface area contributed by atoms with Crippen molar-refractivity contribution in [2.24, 2.45) is 0 Å². The van der Waals surface area contributed by atoms with Gasteiger partial charge in [-0.25, -0.2) is 0 Å². The van der Waals surface area contributed by atoms with Crippen LogP contribution in [0.1, 0.15) is 39.3 Å². The first kappa shape index (κ1) is 18.3. The average molecular weight is 375 g/mol. The molecular formula is C23H25N3O2. The summed E-state index contributed by atoms with van der Waals surface area (Å²) in [4.78, 5) is 15.2. The maximum atomic E-state index is 13.4. The van der Waals surface area contributed by atoms with Crippen LogP contribution in [0, 0.1) is 13.8 Å². The van der Waals surface area contributed by atoms with Gasteiger partial charge in [0.25, 0.3) is 5.91 Å². The molecule has 28 heavy (non-hydrogen) atoms. The van der Waals surface area contributed by atoms with Crippen molar-refractivity contribution in [3.8, 4) is 5.75 Å². The van der Waals surface area contributed by atoms with Crippen LogP contribution in [0.5, 0.6) is 5.75 Å². The molecule has 0 saturated carbocycles. The summed E-state index contributed by atoms with van der Waals surface area (Å²) < 4.78 is 7.51. The van der Waals surface area contributed by atoms with Crippen molar-refractivity contribution in [2.45, 2.75) is 33.2 Å². The van der Waals surface area contributed by atoms with Crippen LogP contribution in [0.3, 0.4) is 0 Å². The number of amides is 1. The van der Waals surface area contributed by atoms with Crippen molar-refractivity contribution in [1.29, 1.82) is 0 Å². The molecular weight excluding hydrogens is 350 g/mol. The summed E-state index contributed by atoms with van der Waals surface area (Å²) >= 11 is 0. The van der Waals surface area contributed by atoms with E-state index in [1.165, 1.54) is 0 Å². The molecule has 0 saturated heterocycles. The lowest BCUT2D eigenvalue weighted by Crippen LogP contribution is -2.35. The maximum Gasteiger partial charge on any atom is 0.258 e. The van der Waals surface area contributed by atoms with Crippen molar-refractivity contribution in [1.82, 2.24) is 9.78 Å². The van der Waals surface area contributed by atoms with E-state index in [-0.39, 0.29) is 5.91 Å². The van der Waals surface area contributed by atoms with Crippen LogP contribution in [0.4, 0.5) is 5.69 Å². The van der Waals surface area contributed by atoms with E-state index in [0.717, 1.165) is 46.8 Å². The van der Waals surface area contributed by atoms with Crippen LogP contribution in [-0.2, 0) is 13.0 Å². The predicted octanol–water partition coefficient (Wildman–Crippen LogP) is 4.15. The number of fused-ring (bicyclic) bond motifs is 1. The van der Waals surface area contributed by atoms with E-state index in [1.54, 1.807) is 7.11 Å². The van der Waals surface area contributed by atoms with Gasteiger partial charge in [0.15, 0.2) is 0 Å². The molecule has 0 atom stereocenters. The van der Waals surface area contributed by atoms with Crippen LogP contribution in [0.2, 0.25) is 0 Å². The molecule has 1 aromatic heterocycles. The summed E-state index contributed by atoms with van der Waals surface area (Å²) in [6.07, 6.45) is 1.92. The first-order valence-electron chi connectivity index (χ1n) is 9.64. The second kappa shape index (κ2) is 7.50. The molecule has 0 bridgehead atoms. The lowest BCUT2D eigenvalue weighted by molar-refractivity contribution is 0.0984. The summed E-state index contributed by atoms with van der Waals surface area (Å²) in [6, 6.07) is 15.9. The molecule has 0 unspecified atom stereocenters. The zero-order chi connectivity index (χ0) is 19.7. The quantitative estimate of drug-likeness (QED) is 0.688. The van der Waals surface area contributed by atoms with Gasteiger partial charge >= 0.3 is 0 Å². The smallest absolute Gasteiger partial charge is 0.258 e. The fraction of sp³-hybridized carbons (Fsp3) is 0.304. The van der Waals surface area contributed by atoms with Gasteiger partial charge < -0.3 is 9.64 Å². The zero-order valence-corrected chi connectivity index (χ0v) is 16.6. The minimum absolute atomic E-state index is 0.0145. The van der Waals surface area contributed by atoms with Crippen molar-refractivity contribution < 1.29 is 9.53 Å². The largest absolute Gasteiger partial charge is 0.495 e. The van der Waals surface area contributed by atoms with Crippen molar-refractivity contribution in [2.75, 3.05) is 18.6 Å². The van der Waals surface area contributed by atoms with E-state index >= 15 is 0 Å². The van der Waals surface area contributed by atoms with Crippen molar-refractivity contribution >= 4 is 11.6 Å². The molecule has 0 radical (unpaired) electrons. The Balaban J connectivity index is 1.64. The number of nitrogens with zero attached hydrogens (tertiary/aromatic N) is 3. The predicted molar refractivity (Wildman–Crippen MR) is 110 cm³/mol. The first-order valence-corrected chi connectivity index (χ1v) is 9.64. The number of carbonyl (C=O) groups is 1. The van der Waals surface area contributed by atoms with Gasteiger partial charge in [0.2, 0.25) is 0 Å². The Morgan fingerprint density at radius 2 is 1.96 bits per heavy atom. The van der Waals surface area contributed by atoms with Crippen LogP contribution in [0.25, 0.3) is 0 Å². The third kappa shape index (κ3) is 3.40. The van der Waals surface area contributed by atoms with Gasteiger partial charge in [-0.3, -0.25) is 9.48 Å². The summed E-state index contributed by atoms with van der Waals surface area (Å²) in [5.41, 5.74) is 5.95. The van der Waals surface area contributed by atoms with Gasteiger partial charge in [0.05, 0.1) is 25.0 Å². The van der Waals surface area contributed by atoms with Crippen LogP contribution in [-0.4, -0.2) is 29.3 Å². The molecule has 5 heteroatoms. The molecule has 5 nitrogen and oxygen atoms in total. The number of carbonyl (C=O) groups excluding carboxylic acids is 1. The summed E-state index contributed by atoms with van der Waals surface area (Å²) in [5.74, 6) is 0.769. The van der Waals surface area contributed by atoms with E-state index < -0.39 is 0 Å². The molecule has 3 aromatic rings. The van der Waals surface area contributed by atoms with Gasteiger partial charge in [0, 0.05) is 17.8 Å². The Kier molecular flexibility index (Phi) is 4.90. The molecule has 1 aliphatic rings. The number of rotatable bonds is 4. The molecule has 144 valence electrons. The highest BCUT2D eigenvalue weighted by molar-refractivity contribution is 6.07. The van der Waals surface area contributed by atoms with Gasteiger partial charge in [-0.15, -0.1) is 0 Å². The first-order chi connectivity index (χ1) is 13.6. The Bertz CT molecular complexity index is 1010. The normalized spacial score (nSPS) is 13.3. The molecule has 1 aliphatic heterocycles. The molecule has 4 rings (SSSR count). The van der Waals surface area contributed by atoms with Crippen LogP contribution < -0.4 is 9.64 Å². The Morgan fingerprint density at radius 3 is 2.71 bits per heavy atom.